The highest BCUT2D eigenvalue weighted by Gasteiger charge is 2.45. The fourth-order valence-electron chi connectivity index (χ4n) is 1.13. The van der Waals surface area contributed by atoms with Gasteiger partial charge in [0.2, 0.25) is 11.8 Å². The van der Waals surface area contributed by atoms with E-state index in [1.807, 2.05) is 6.92 Å². The van der Waals surface area contributed by atoms with Crippen molar-refractivity contribution < 1.29 is 9.59 Å². The first-order valence-electron chi connectivity index (χ1n) is 4.72. The molecular formula is C9H14N2O2. The van der Waals surface area contributed by atoms with Crippen LogP contribution in [0.1, 0.15) is 32.6 Å². The molecule has 2 aliphatic rings. The largest absolute Gasteiger partial charge is 0.273 e. The summed E-state index contributed by atoms with van der Waals surface area (Å²) >= 11 is 0. The van der Waals surface area contributed by atoms with E-state index in [1.54, 1.807) is 0 Å². The summed E-state index contributed by atoms with van der Waals surface area (Å²) in [6, 6.07) is 0. The molecule has 4 heteroatoms. The maximum atomic E-state index is 11.3. The number of rotatable bonds is 2. The molecule has 0 radical (unpaired) electrons. The van der Waals surface area contributed by atoms with Gasteiger partial charge in [0.25, 0.3) is 0 Å². The molecule has 2 amide bonds. The lowest BCUT2D eigenvalue weighted by Gasteiger charge is -2.10. The summed E-state index contributed by atoms with van der Waals surface area (Å²) in [6.07, 6.45) is 3.77. The number of carbonyl (C=O) groups excluding carboxylic acids is 2. The van der Waals surface area contributed by atoms with Crippen LogP contribution in [0.25, 0.3) is 0 Å². The highest BCUT2D eigenvalue weighted by atomic mass is 16.2. The van der Waals surface area contributed by atoms with E-state index < -0.39 is 0 Å². The molecule has 2 saturated carbocycles. The third-order valence-corrected chi connectivity index (χ3v) is 2.80. The van der Waals surface area contributed by atoms with Crippen LogP contribution in [0.2, 0.25) is 0 Å². The van der Waals surface area contributed by atoms with Gasteiger partial charge in [-0.3, -0.25) is 20.4 Å². The summed E-state index contributed by atoms with van der Waals surface area (Å²) < 4.78 is 0. The molecule has 4 nitrogen and oxygen atoms in total. The lowest BCUT2D eigenvalue weighted by atomic mass is 10.1. The summed E-state index contributed by atoms with van der Waals surface area (Å²) in [7, 11) is 0. The molecule has 0 heterocycles. The van der Waals surface area contributed by atoms with Crippen LogP contribution in [0.3, 0.4) is 0 Å². The van der Waals surface area contributed by atoms with Crippen molar-refractivity contribution in [3.05, 3.63) is 0 Å². The SMILES string of the molecule is CC1(C(=O)NNC(=O)C2CC2)CC1. The zero-order valence-electron chi connectivity index (χ0n) is 7.72. The molecule has 0 bridgehead atoms. The maximum absolute atomic E-state index is 11.3. The van der Waals surface area contributed by atoms with Crippen molar-refractivity contribution in [1.29, 1.82) is 0 Å². The van der Waals surface area contributed by atoms with E-state index in [2.05, 4.69) is 10.9 Å². The van der Waals surface area contributed by atoms with Crippen LogP contribution in [0.4, 0.5) is 0 Å². The Kier molecular flexibility index (Phi) is 1.78. The molecular weight excluding hydrogens is 168 g/mol. The molecule has 0 spiro atoms. The number of hydrogen-bond acceptors (Lipinski definition) is 2. The van der Waals surface area contributed by atoms with E-state index in [4.69, 9.17) is 0 Å². The molecule has 2 fully saturated rings. The van der Waals surface area contributed by atoms with Crippen LogP contribution >= 0.6 is 0 Å². The number of nitrogens with one attached hydrogen (secondary N) is 2. The average Bonchev–Trinajstić information content (AvgIpc) is 2.91. The van der Waals surface area contributed by atoms with E-state index in [0.717, 1.165) is 25.7 Å². The first-order valence-corrected chi connectivity index (χ1v) is 4.72. The molecule has 0 unspecified atom stereocenters. The first-order chi connectivity index (χ1) is 6.12. The smallest absolute Gasteiger partial charge is 0.244 e. The molecule has 0 atom stereocenters. The minimum absolute atomic E-state index is 0.0439. The van der Waals surface area contributed by atoms with Gasteiger partial charge in [-0.25, -0.2) is 0 Å². The molecule has 0 aromatic rings. The van der Waals surface area contributed by atoms with Crippen molar-refractivity contribution in [2.24, 2.45) is 11.3 Å². The van der Waals surface area contributed by atoms with Gasteiger partial charge < -0.3 is 0 Å². The minimum Gasteiger partial charge on any atom is -0.273 e. The number of hydrogen-bond donors (Lipinski definition) is 2. The maximum Gasteiger partial charge on any atom is 0.244 e. The zero-order chi connectivity index (χ0) is 9.47. The Balaban J connectivity index is 1.72. The van der Waals surface area contributed by atoms with Gasteiger partial charge in [0.15, 0.2) is 0 Å². The molecule has 0 aliphatic heterocycles. The van der Waals surface area contributed by atoms with Gasteiger partial charge in [-0.2, -0.15) is 0 Å². The van der Waals surface area contributed by atoms with Gasteiger partial charge >= 0.3 is 0 Å². The number of carbonyl (C=O) groups is 2. The monoisotopic (exact) mass is 182 g/mol. The molecule has 0 aromatic heterocycles. The Hall–Kier alpha value is -1.06. The second-order valence-corrected chi connectivity index (χ2v) is 4.28. The predicted octanol–water partition coefficient (Wildman–Crippen LogP) is 0.344. The molecule has 2 aliphatic carbocycles. The van der Waals surface area contributed by atoms with Crippen molar-refractivity contribution in [2.45, 2.75) is 32.6 Å². The molecule has 0 aromatic carbocycles. The van der Waals surface area contributed by atoms with Gasteiger partial charge in [0.05, 0.1) is 0 Å². The topological polar surface area (TPSA) is 58.2 Å². The Morgan fingerprint density at radius 1 is 1.23 bits per heavy atom. The highest BCUT2D eigenvalue weighted by Crippen LogP contribution is 2.44. The molecule has 0 saturated heterocycles. The molecule has 2 rings (SSSR count). The standard InChI is InChI=1S/C9H14N2O2/c1-9(4-5-9)8(13)11-10-7(12)6-2-3-6/h6H,2-5H2,1H3,(H,10,12)(H,11,13). The van der Waals surface area contributed by atoms with Crippen molar-refractivity contribution >= 4 is 11.8 Å². The van der Waals surface area contributed by atoms with Crippen molar-refractivity contribution in [2.75, 3.05) is 0 Å². The molecule has 13 heavy (non-hydrogen) atoms. The molecule has 2 N–H and O–H groups in total. The molecule has 72 valence electrons. The van der Waals surface area contributed by atoms with Crippen molar-refractivity contribution in [3.8, 4) is 0 Å². The Morgan fingerprint density at radius 2 is 1.85 bits per heavy atom. The van der Waals surface area contributed by atoms with Gasteiger partial charge in [-0.05, 0) is 25.7 Å². The van der Waals surface area contributed by atoms with Crippen LogP contribution in [-0.2, 0) is 9.59 Å². The van der Waals surface area contributed by atoms with Crippen LogP contribution in [0.15, 0.2) is 0 Å². The van der Waals surface area contributed by atoms with Crippen molar-refractivity contribution in [1.82, 2.24) is 10.9 Å². The average molecular weight is 182 g/mol. The summed E-state index contributed by atoms with van der Waals surface area (Å²) in [5, 5.41) is 0. The van der Waals surface area contributed by atoms with Gasteiger partial charge in [0, 0.05) is 11.3 Å². The minimum atomic E-state index is -0.211. The lowest BCUT2D eigenvalue weighted by Crippen LogP contribution is -2.45. The number of amides is 2. The van der Waals surface area contributed by atoms with Crippen molar-refractivity contribution in [3.63, 3.8) is 0 Å². The lowest BCUT2D eigenvalue weighted by molar-refractivity contribution is -0.132. The number of hydrazine groups is 1. The van der Waals surface area contributed by atoms with Gasteiger partial charge in [-0.15, -0.1) is 0 Å². The van der Waals surface area contributed by atoms with Gasteiger partial charge in [-0.1, -0.05) is 6.92 Å². The third kappa shape index (κ3) is 1.82. The van der Waals surface area contributed by atoms with E-state index in [9.17, 15) is 9.59 Å². The quantitative estimate of drug-likeness (QED) is 0.605. The Labute approximate surface area is 77.0 Å². The first kappa shape index (κ1) is 8.53. The second-order valence-electron chi connectivity index (χ2n) is 4.28. The predicted molar refractivity (Wildman–Crippen MR) is 46.4 cm³/mol. The van der Waals surface area contributed by atoms with Crippen LogP contribution < -0.4 is 10.9 Å². The summed E-state index contributed by atoms with van der Waals surface area (Å²) in [4.78, 5) is 22.5. The van der Waals surface area contributed by atoms with Crippen LogP contribution in [0.5, 0.6) is 0 Å². The summed E-state index contributed by atoms with van der Waals surface area (Å²) in [5.74, 6) is 0.0476. The Bertz CT molecular complexity index is 254. The summed E-state index contributed by atoms with van der Waals surface area (Å²) in [5.41, 5.74) is 4.71. The van der Waals surface area contributed by atoms with Gasteiger partial charge in [0.1, 0.15) is 0 Å². The van der Waals surface area contributed by atoms with E-state index >= 15 is 0 Å². The zero-order valence-corrected chi connectivity index (χ0v) is 7.72. The Morgan fingerprint density at radius 3 is 2.31 bits per heavy atom. The van der Waals surface area contributed by atoms with E-state index in [1.165, 1.54) is 0 Å². The summed E-state index contributed by atoms with van der Waals surface area (Å²) in [6.45, 7) is 1.91. The van der Waals surface area contributed by atoms with E-state index in [-0.39, 0.29) is 23.1 Å². The third-order valence-electron chi connectivity index (χ3n) is 2.80. The fraction of sp³-hybridized carbons (Fsp3) is 0.778. The van der Waals surface area contributed by atoms with E-state index in [0.29, 0.717) is 0 Å². The van der Waals surface area contributed by atoms with Crippen LogP contribution in [0, 0.1) is 11.3 Å². The second kappa shape index (κ2) is 2.72. The van der Waals surface area contributed by atoms with Crippen LogP contribution in [-0.4, -0.2) is 11.8 Å². The highest BCUT2D eigenvalue weighted by molar-refractivity contribution is 5.88. The normalized spacial score (nSPS) is 23.5. The fourth-order valence-corrected chi connectivity index (χ4v) is 1.13.